The molecular formula is C35H47NO2. The van der Waals surface area contributed by atoms with E-state index in [1.807, 2.05) is 0 Å². The number of esters is 1. The summed E-state index contributed by atoms with van der Waals surface area (Å²) in [4.78, 5) is 11.0. The van der Waals surface area contributed by atoms with Crippen molar-refractivity contribution in [3.05, 3.63) is 72.3 Å². The SMILES string of the molecule is C=CC(=O)OCCCCCCCCCC1(C#N)CCCC(c2ccc(-c3ccc(CCCC)cc3)cc2)C1. The number of rotatable bonds is 16. The van der Waals surface area contributed by atoms with E-state index in [1.165, 1.54) is 73.3 Å². The van der Waals surface area contributed by atoms with Gasteiger partial charge in [0, 0.05) is 6.08 Å². The monoisotopic (exact) mass is 513 g/mol. The summed E-state index contributed by atoms with van der Waals surface area (Å²) in [6.07, 6.45) is 18.2. The quantitative estimate of drug-likeness (QED) is 0.127. The van der Waals surface area contributed by atoms with Crippen LogP contribution < -0.4 is 0 Å². The molecule has 1 aliphatic rings. The van der Waals surface area contributed by atoms with E-state index in [4.69, 9.17) is 4.74 Å². The molecule has 2 aromatic carbocycles. The van der Waals surface area contributed by atoms with Gasteiger partial charge in [0.2, 0.25) is 0 Å². The predicted molar refractivity (Wildman–Crippen MR) is 158 cm³/mol. The number of carbonyl (C=O) groups excluding carboxylic acids is 1. The van der Waals surface area contributed by atoms with Gasteiger partial charge < -0.3 is 4.74 Å². The molecule has 1 aliphatic carbocycles. The Labute approximate surface area is 231 Å². The maximum Gasteiger partial charge on any atom is 0.330 e. The van der Waals surface area contributed by atoms with Crippen molar-refractivity contribution in [1.29, 1.82) is 5.26 Å². The van der Waals surface area contributed by atoms with Crippen molar-refractivity contribution >= 4 is 5.97 Å². The molecule has 1 fully saturated rings. The lowest BCUT2D eigenvalue weighted by Gasteiger charge is -2.36. The van der Waals surface area contributed by atoms with Crippen molar-refractivity contribution in [2.75, 3.05) is 6.61 Å². The molecular weight excluding hydrogens is 466 g/mol. The largest absolute Gasteiger partial charge is 0.463 e. The molecule has 204 valence electrons. The Morgan fingerprint density at radius 1 is 0.974 bits per heavy atom. The maximum atomic E-state index is 11.0. The van der Waals surface area contributed by atoms with Gasteiger partial charge in [-0.3, -0.25) is 0 Å². The zero-order valence-electron chi connectivity index (χ0n) is 23.6. The maximum absolute atomic E-state index is 11.0. The summed E-state index contributed by atoms with van der Waals surface area (Å²) in [5, 5.41) is 10.2. The minimum atomic E-state index is -0.332. The van der Waals surface area contributed by atoms with Crippen molar-refractivity contribution in [3.8, 4) is 17.2 Å². The van der Waals surface area contributed by atoms with Gasteiger partial charge in [-0.05, 0) is 73.1 Å². The first-order valence-corrected chi connectivity index (χ1v) is 15.0. The van der Waals surface area contributed by atoms with E-state index in [0.29, 0.717) is 12.5 Å². The molecule has 1 saturated carbocycles. The number of aryl methyl sites for hydroxylation is 1. The fraction of sp³-hybridized carbons (Fsp3) is 0.543. The van der Waals surface area contributed by atoms with Crippen LogP contribution in [0.25, 0.3) is 11.1 Å². The lowest BCUT2D eigenvalue weighted by Crippen LogP contribution is -2.26. The molecule has 0 saturated heterocycles. The average Bonchev–Trinajstić information content (AvgIpc) is 2.97. The summed E-state index contributed by atoms with van der Waals surface area (Å²) >= 11 is 0. The van der Waals surface area contributed by atoms with E-state index in [-0.39, 0.29) is 11.4 Å². The first kappa shape index (κ1) is 29.7. The molecule has 0 aromatic heterocycles. The summed E-state index contributed by atoms with van der Waals surface area (Å²) in [5.41, 5.74) is 5.21. The fourth-order valence-electron chi connectivity index (χ4n) is 5.91. The molecule has 3 heteroatoms. The number of nitrogens with zero attached hydrogens (tertiary/aromatic N) is 1. The third-order valence-corrected chi connectivity index (χ3v) is 8.28. The van der Waals surface area contributed by atoms with Crippen LogP contribution >= 0.6 is 0 Å². The Kier molecular flexibility index (Phi) is 12.6. The number of ether oxygens (including phenoxy) is 1. The Balaban J connectivity index is 1.41. The smallest absolute Gasteiger partial charge is 0.330 e. The van der Waals surface area contributed by atoms with Crippen molar-refractivity contribution < 1.29 is 9.53 Å². The zero-order valence-corrected chi connectivity index (χ0v) is 23.6. The topological polar surface area (TPSA) is 50.1 Å². The highest BCUT2D eigenvalue weighted by atomic mass is 16.5. The molecule has 0 bridgehead atoms. The molecule has 2 unspecified atom stereocenters. The summed E-state index contributed by atoms with van der Waals surface area (Å²) in [6, 6.07) is 20.9. The molecule has 2 aromatic rings. The van der Waals surface area contributed by atoms with Gasteiger partial charge in [0.15, 0.2) is 0 Å². The number of nitriles is 1. The van der Waals surface area contributed by atoms with E-state index in [0.717, 1.165) is 51.4 Å². The normalized spacial score (nSPS) is 19.0. The molecule has 0 spiro atoms. The number of benzene rings is 2. The van der Waals surface area contributed by atoms with Crippen molar-refractivity contribution in [2.45, 2.75) is 109 Å². The van der Waals surface area contributed by atoms with Gasteiger partial charge in [0.1, 0.15) is 0 Å². The number of carbonyl (C=O) groups is 1. The van der Waals surface area contributed by atoms with Crippen LogP contribution in [0, 0.1) is 16.7 Å². The van der Waals surface area contributed by atoms with Crippen LogP contribution in [0.2, 0.25) is 0 Å². The van der Waals surface area contributed by atoms with Crippen LogP contribution in [-0.4, -0.2) is 12.6 Å². The third-order valence-electron chi connectivity index (χ3n) is 8.28. The first-order chi connectivity index (χ1) is 18.6. The van der Waals surface area contributed by atoms with Crippen molar-refractivity contribution in [2.24, 2.45) is 5.41 Å². The van der Waals surface area contributed by atoms with Gasteiger partial charge in [0.05, 0.1) is 18.1 Å². The molecule has 0 aliphatic heterocycles. The summed E-state index contributed by atoms with van der Waals surface area (Å²) < 4.78 is 5.02. The predicted octanol–water partition coefficient (Wildman–Crippen LogP) is 9.71. The van der Waals surface area contributed by atoms with Crippen LogP contribution in [0.4, 0.5) is 0 Å². The Morgan fingerprint density at radius 2 is 1.61 bits per heavy atom. The molecule has 2 atom stereocenters. The molecule has 0 N–H and O–H groups in total. The minimum absolute atomic E-state index is 0.162. The Hall–Kier alpha value is -2.86. The van der Waals surface area contributed by atoms with Gasteiger partial charge in [-0.25, -0.2) is 4.79 Å². The summed E-state index contributed by atoms with van der Waals surface area (Å²) in [5.74, 6) is 0.158. The second kappa shape index (κ2) is 16.2. The lowest BCUT2D eigenvalue weighted by molar-refractivity contribution is -0.137. The number of hydrogen-bond donors (Lipinski definition) is 0. The minimum Gasteiger partial charge on any atom is -0.463 e. The molecule has 3 rings (SSSR count). The highest BCUT2D eigenvalue weighted by Gasteiger charge is 2.36. The van der Waals surface area contributed by atoms with E-state index >= 15 is 0 Å². The van der Waals surface area contributed by atoms with Gasteiger partial charge >= 0.3 is 5.97 Å². The second-order valence-corrected chi connectivity index (χ2v) is 11.2. The Bertz CT molecular complexity index is 1020. The molecule has 0 heterocycles. The van der Waals surface area contributed by atoms with E-state index in [2.05, 4.69) is 68.1 Å². The molecule has 0 amide bonds. The van der Waals surface area contributed by atoms with Crippen molar-refractivity contribution in [3.63, 3.8) is 0 Å². The Morgan fingerprint density at radius 3 is 2.24 bits per heavy atom. The van der Waals surface area contributed by atoms with E-state index in [9.17, 15) is 10.1 Å². The van der Waals surface area contributed by atoms with E-state index < -0.39 is 0 Å². The number of unbranched alkanes of at least 4 members (excludes halogenated alkanes) is 7. The summed E-state index contributed by atoms with van der Waals surface area (Å²) in [7, 11) is 0. The van der Waals surface area contributed by atoms with Crippen LogP contribution in [0.15, 0.2) is 61.2 Å². The van der Waals surface area contributed by atoms with Gasteiger partial charge in [-0.1, -0.05) is 113 Å². The molecule has 38 heavy (non-hydrogen) atoms. The summed E-state index contributed by atoms with van der Waals surface area (Å²) in [6.45, 7) is 6.14. The zero-order chi connectivity index (χ0) is 27.1. The van der Waals surface area contributed by atoms with Gasteiger partial charge in [-0.2, -0.15) is 5.26 Å². The number of hydrogen-bond acceptors (Lipinski definition) is 3. The van der Waals surface area contributed by atoms with Crippen LogP contribution in [0.3, 0.4) is 0 Å². The highest BCUT2D eigenvalue weighted by Crippen LogP contribution is 2.46. The van der Waals surface area contributed by atoms with Crippen LogP contribution in [-0.2, 0) is 16.0 Å². The van der Waals surface area contributed by atoms with Gasteiger partial charge in [0.25, 0.3) is 0 Å². The highest BCUT2D eigenvalue weighted by molar-refractivity contribution is 5.81. The van der Waals surface area contributed by atoms with Crippen LogP contribution in [0.1, 0.15) is 114 Å². The second-order valence-electron chi connectivity index (χ2n) is 11.2. The van der Waals surface area contributed by atoms with E-state index in [1.54, 1.807) is 0 Å². The lowest BCUT2D eigenvalue weighted by atomic mass is 9.66. The third kappa shape index (κ3) is 9.46. The first-order valence-electron chi connectivity index (χ1n) is 15.0. The average molecular weight is 514 g/mol. The standard InChI is InChI=1S/C35H47NO2/c1-3-5-14-29-16-18-30(19-17-29)31-20-22-32(23-21-31)33-15-13-25-35(27-33,28-36)24-11-9-7-6-8-10-12-26-38-34(37)4-2/h4,16-23,33H,2-3,5-15,24-27H2,1H3. The van der Waals surface area contributed by atoms with Crippen LogP contribution in [0.5, 0.6) is 0 Å². The molecule has 3 nitrogen and oxygen atoms in total. The fourth-order valence-corrected chi connectivity index (χ4v) is 5.91. The molecule has 0 radical (unpaired) electrons. The van der Waals surface area contributed by atoms with Crippen molar-refractivity contribution in [1.82, 2.24) is 0 Å². The van der Waals surface area contributed by atoms with Gasteiger partial charge in [-0.15, -0.1) is 0 Å².